The van der Waals surface area contributed by atoms with Gasteiger partial charge in [-0.1, -0.05) is 146 Å². The zero-order chi connectivity index (χ0) is 40.0. The molecule has 12 aromatic rings. The van der Waals surface area contributed by atoms with E-state index >= 15 is 0 Å². The largest absolute Gasteiger partial charge is 0.310 e. The fourth-order valence-corrected chi connectivity index (χ4v) is 10.3. The highest BCUT2D eigenvalue weighted by atomic mass is 15.1. The molecule has 3 nitrogen and oxygen atoms in total. The summed E-state index contributed by atoms with van der Waals surface area (Å²) in [6.07, 6.45) is 0. The van der Waals surface area contributed by atoms with E-state index in [-0.39, 0.29) is 0 Å². The van der Waals surface area contributed by atoms with Gasteiger partial charge in [-0.2, -0.15) is 0 Å². The third-order valence-corrected chi connectivity index (χ3v) is 12.8. The molecule has 1 aliphatic carbocycles. The number of para-hydroxylation sites is 3. The van der Waals surface area contributed by atoms with Crippen LogP contribution in [-0.2, 0) is 0 Å². The summed E-state index contributed by atoms with van der Waals surface area (Å²) in [7, 11) is 0. The number of fused-ring (bicyclic) bond motifs is 1. The zero-order valence-corrected chi connectivity index (χ0v) is 33.2. The Bertz CT molecular complexity index is 3560. The normalized spacial score (nSPS) is 11.9. The van der Waals surface area contributed by atoms with Gasteiger partial charge in [0.2, 0.25) is 0 Å². The van der Waals surface area contributed by atoms with E-state index in [1.807, 2.05) is 0 Å². The molecule has 0 aliphatic heterocycles. The van der Waals surface area contributed by atoms with E-state index in [0.29, 0.717) is 0 Å². The van der Waals surface area contributed by atoms with Gasteiger partial charge in [0.15, 0.2) is 0 Å². The fraction of sp³-hybridized carbons (Fsp3) is 0. The van der Waals surface area contributed by atoms with Gasteiger partial charge in [0.05, 0.1) is 27.8 Å². The van der Waals surface area contributed by atoms with Gasteiger partial charge in [-0.15, -0.1) is 0 Å². The van der Waals surface area contributed by atoms with Crippen LogP contribution >= 0.6 is 0 Å². The number of hydrogen-bond acceptors (Lipinski definition) is 1. The molecule has 0 saturated carbocycles. The summed E-state index contributed by atoms with van der Waals surface area (Å²) in [6, 6.07) is 82.2. The molecule has 284 valence electrons. The first-order valence-electron chi connectivity index (χ1n) is 21.0. The highest BCUT2D eigenvalue weighted by Gasteiger charge is 2.30. The number of rotatable bonds is 7. The molecule has 2 aromatic heterocycles. The van der Waals surface area contributed by atoms with Crippen LogP contribution in [-0.4, -0.2) is 9.13 Å². The van der Waals surface area contributed by atoms with Gasteiger partial charge in [0.1, 0.15) is 0 Å². The Balaban J connectivity index is 1.23. The van der Waals surface area contributed by atoms with Crippen molar-refractivity contribution in [2.24, 2.45) is 0 Å². The first kappa shape index (κ1) is 33.8. The Morgan fingerprint density at radius 3 is 1.28 bits per heavy atom. The van der Waals surface area contributed by atoms with E-state index in [0.717, 1.165) is 28.4 Å². The maximum absolute atomic E-state index is 2.52. The number of benzene rings is 10. The molecule has 0 amide bonds. The second-order valence-electron chi connectivity index (χ2n) is 16.1. The van der Waals surface area contributed by atoms with E-state index in [4.69, 9.17) is 0 Å². The first-order valence-corrected chi connectivity index (χ1v) is 21.0. The van der Waals surface area contributed by atoms with E-state index in [1.54, 1.807) is 0 Å². The van der Waals surface area contributed by atoms with Crippen molar-refractivity contribution in [1.82, 2.24) is 9.13 Å². The highest BCUT2D eigenvalue weighted by molar-refractivity contribution is 6.40. The van der Waals surface area contributed by atoms with E-state index < -0.39 is 0 Å². The Morgan fingerprint density at radius 2 is 0.738 bits per heavy atom. The van der Waals surface area contributed by atoms with Crippen LogP contribution in [0.3, 0.4) is 0 Å². The predicted molar refractivity (Wildman–Crippen MR) is 257 cm³/mol. The van der Waals surface area contributed by atoms with Crippen LogP contribution in [0.25, 0.3) is 99.1 Å². The Labute approximate surface area is 353 Å². The average molecular weight is 776 g/mol. The lowest BCUT2D eigenvalue weighted by molar-refractivity contribution is 1.18. The molecule has 0 atom stereocenters. The molecule has 61 heavy (non-hydrogen) atoms. The molecule has 3 heteroatoms. The number of nitrogens with zero attached hydrogens (tertiary/aromatic N) is 3. The predicted octanol–water partition coefficient (Wildman–Crippen LogP) is 15.8. The van der Waals surface area contributed by atoms with Crippen LogP contribution in [0.1, 0.15) is 0 Å². The second-order valence-corrected chi connectivity index (χ2v) is 16.1. The maximum Gasteiger partial charge on any atom is 0.0568 e. The molecule has 0 fully saturated rings. The molecule has 13 rings (SSSR count). The van der Waals surface area contributed by atoms with Crippen molar-refractivity contribution in [2.75, 3.05) is 4.90 Å². The molecule has 2 heterocycles. The standard InChI is InChI=1S/C58H37N3/c1-6-18-38(19-7-1)40-34-41(39-20-8-2-9-21-39)36-45(35-40)61-50-31-17-28-46-47-29-16-30-49-55(47)58-53(60(49)44-26-14-5-15-27-44)37-52(48-32-33-51(61)57(54(46)50)56(48)58)59(42-22-10-3-11-23-42)43-24-12-4-13-25-43/h1-37H. The SMILES string of the molecule is c1ccc(-c2cc(-c3ccccc3)cc(-n3c4cccc5c4c4c6c(ccc43)c(N(c3ccccc3)c3ccccc3)cc3c6c4c-5cccc4n3-c3ccccc3)c2)cc1. The van der Waals surface area contributed by atoms with Crippen LogP contribution in [0.4, 0.5) is 17.1 Å². The first-order chi connectivity index (χ1) is 30.3. The highest BCUT2D eigenvalue weighted by Crippen LogP contribution is 2.54. The van der Waals surface area contributed by atoms with Crippen LogP contribution in [0.2, 0.25) is 0 Å². The maximum atomic E-state index is 2.52. The van der Waals surface area contributed by atoms with Crippen LogP contribution in [0, 0.1) is 0 Å². The van der Waals surface area contributed by atoms with Gasteiger partial charge in [0, 0.05) is 55.1 Å². The molecule has 0 N–H and O–H groups in total. The van der Waals surface area contributed by atoms with Crippen molar-refractivity contribution in [1.29, 1.82) is 0 Å². The molecule has 1 aliphatic rings. The van der Waals surface area contributed by atoms with Gasteiger partial charge >= 0.3 is 0 Å². The summed E-state index contributed by atoms with van der Waals surface area (Å²) in [4.78, 5) is 2.44. The van der Waals surface area contributed by atoms with Crippen LogP contribution in [0.5, 0.6) is 0 Å². The smallest absolute Gasteiger partial charge is 0.0568 e. The molecule has 0 bridgehead atoms. The van der Waals surface area contributed by atoms with Crippen molar-refractivity contribution in [3.05, 3.63) is 224 Å². The molecule has 0 saturated heterocycles. The van der Waals surface area contributed by atoms with Gasteiger partial charge in [-0.25, -0.2) is 0 Å². The lowest BCUT2D eigenvalue weighted by Crippen LogP contribution is -2.10. The third-order valence-electron chi connectivity index (χ3n) is 12.8. The summed E-state index contributed by atoms with van der Waals surface area (Å²) >= 11 is 0. The summed E-state index contributed by atoms with van der Waals surface area (Å²) in [5.74, 6) is 0. The van der Waals surface area contributed by atoms with E-state index in [1.165, 1.54) is 87.8 Å². The number of anilines is 3. The Kier molecular flexibility index (Phi) is 7.31. The van der Waals surface area contributed by atoms with Crippen LogP contribution < -0.4 is 4.90 Å². The minimum Gasteiger partial charge on any atom is -0.310 e. The molecule has 0 spiro atoms. The van der Waals surface area contributed by atoms with Crippen molar-refractivity contribution in [3.8, 4) is 44.8 Å². The van der Waals surface area contributed by atoms with Crippen LogP contribution in [0.15, 0.2) is 224 Å². The molecule has 0 unspecified atom stereocenters. The summed E-state index contributed by atoms with van der Waals surface area (Å²) < 4.78 is 5.01. The quantitative estimate of drug-likeness (QED) is 0.157. The lowest BCUT2D eigenvalue weighted by atomic mass is 9.97. The molecular formula is C58H37N3. The number of aromatic nitrogens is 2. The average Bonchev–Trinajstić information content (AvgIpc) is 3.82. The monoisotopic (exact) mass is 775 g/mol. The molecular weight excluding hydrogens is 739 g/mol. The van der Waals surface area contributed by atoms with Gasteiger partial charge in [-0.3, -0.25) is 0 Å². The topological polar surface area (TPSA) is 13.1 Å². The lowest BCUT2D eigenvalue weighted by Gasteiger charge is -2.27. The fourth-order valence-electron chi connectivity index (χ4n) is 10.3. The third kappa shape index (κ3) is 4.98. The zero-order valence-electron chi connectivity index (χ0n) is 33.2. The summed E-state index contributed by atoms with van der Waals surface area (Å²) in [6.45, 7) is 0. The number of hydrogen-bond donors (Lipinski definition) is 0. The molecule has 10 aromatic carbocycles. The van der Waals surface area contributed by atoms with Crippen molar-refractivity contribution in [2.45, 2.75) is 0 Å². The van der Waals surface area contributed by atoms with Gasteiger partial charge in [0.25, 0.3) is 0 Å². The van der Waals surface area contributed by atoms with Crippen molar-refractivity contribution >= 4 is 71.4 Å². The summed E-state index contributed by atoms with van der Waals surface area (Å²) in [5, 5.41) is 7.65. The van der Waals surface area contributed by atoms with Gasteiger partial charge < -0.3 is 14.0 Å². The Morgan fingerprint density at radius 1 is 0.279 bits per heavy atom. The second kappa shape index (κ2) is 13.2. The van der Waals surface area contributed by atoms with Crippen molar-refractivity contribution < 1.29 is 0 Å². The summed E-state index contributed by atoms with van der Waals surface area (Å²) in [5.41, 5.74) is 17.7. The van der Waals surface area contributed by atoms with E-state index in [9.17, 15) is 0 Å². The van der Waals surface area contributed by atoms with E-state index in [2.05, 4.69) is 238 Å². The minimum absolute atomic E-state index is 1.11. The Hall–Kier alpha value is -8.14. The minimum atomic E-state index is 1.11. The van der Waals surface area contributed by atoms with Gasteiger partial charge in [-0.05, 0) is 112 Å². The molecule has 0 radical (unpaired) electrons. The van der Waals surface area contributed by atoms with Crippen molar-refractivity contribution in [3.63, 3.8) is 0 Å².